The second-order valence-corrected chi connectivity index (χ2v) is 9.16. The van der Waals surface area contributed by atoms with E-state index in [9.17, 15) is 4.79 Å². The third-order valence-corrected chi connectivity index (χ3v) is 6.78. The van der Waals surface area contributed by atoms with Gasteiger partial charge in [0.25, 0.3) is 5.91 Å². The highest BCUT2D eigenvalue weighted by atomic mass is 32.1. The molecule has 178 valence electrons. The molecule has 33 heavy (non-hydrogen) atoms. The number of nitrogens with zero attached hydrogens (tertiary/aromatic N) is 5. The standard InChI is InChI=1S/C23H31N5O4S/c1-16(2)28-11-8-17(25-28)22(29)27(10-5-9-26-12-14-32-15-13-26)23-24-20-18(30-3)6-7-19(31-4)21(20)33-23/h6-8,11,16H,5,9-10,12-15H2,1-4H3. The second kappa shape index (κ2) is 10.5. The maximum atomic E-state index is 13.6. The number of hydrogen-bond donors (Lipinski definition) is 0. The first kappa shape index (κ1) is 23.5. The van der Waals surface area contributed by atoms with Crippen molar-refractivity contribution in [1.29, 1.82) is 0 Å². The van der Waals surface area contributed by atoms with E-state index in [0.717, 1.165) is 44.0 Å². The fourth-order valence-corrected chi connectivity index (χ4v) is 4.93. The van der Waals surface area contributed by atoms with Crippen LogP contribution < -0.4 is 14.4 Å². The van der Waals surface area contributed by atoms with Crippen LogP contribution in [0.4, 0.5) is 5.13 Å². The summed E-state index contributed by atoms with van der Waals surface area (Å²) in [5.41, 5.74) is 1.10. The van der Waals surface area contributed by atoms with E-state index in [4.69, 9.17) is 19.2 Å². The van der Waals surface area contributed by atoms with Crippen molar-refractivity contribution in [3.63, 3.8) is 0 Å². The van der Waals surface area contributed by atoms with E-state index in [0.29, 0.717) is 34.4 Å². The van der Waals surface area contributed by atoms with Crippen LogP contribution in [0.15, 0.2) is 24.4 Å². The van der Waals surface area contributed by atoms with Gasteiger partial charge in [0, 0.05) is 38.4 Å². The van der Waals surface area contributed by atoms with Gasteiger partial charge in [0.15, 0.2) is 10.8 Å². The number of thiazole rings is 1. The molecule has 3 heterocycles. The van der Waals surface area contributed by atoms with Crippen molar-refractivity contribution in [2.75, 3.05) is 58.5 Å². The van der Waals surface area contributed by atoms with Crippen molar-refractivity contribution in [2.45, 2.75) is 26.3 Å². The van der Waals surface area contributed by atoms with Crippen LogP contribution in [-0.2, 0) is 4.74 Å². The largest absolute Gasteiger partial charge is 0.495 e. The molecular formula is C23H31N5O4S. The summed E-state index contributed by atoms with van der Waals surface area (Å²) >= 11 is 1.43. The van der Waals surface area contributed by atoms with Crippen LogP contribution in [0.3, 0.4) is 0 Å². The number of carbonyl (C=O) groups is 1. The first-order chi connectivity index (χ1) is 16.0. The molecule has 0 unspecified atom stereocenters. The molecule has 0 spiro atoms. The van der Waals surface area contributed by atoms with Crippen molar-refractivity contribution < 1.29 is 19.0 Å². The van der Waals surface area contributed by atoms with E-state index in [1.165, 1.54) is 11.3 Å². The molecule has 10 heteroatoms. The van der Waals surface area contributed by atoms with E-state index in [1.54, 1.807) is 29.9 Å². The second-order valence-electron chi connectivity index (χ2n) is 8.18. The number of morpholine rings is 1. The lowest BCUT2D eigenvalue weighted by molar-refractivity contribution is 0.0376. The lowest BCUT2D eigenvalue weighted by Gasteiger charge is -2.27. The minimum atomic E-state index is -0.159. The number of methoxy groups -OCH3 is 2. The highest BCUT2D eigenvalue weighted by Crippen LogP contribution is 2.40. The fraction of sp³-hybridized carbons (Fsp3) is 0.522. The predicted molar refractivity (Wildman–Crippen MR) is 129 cm³/mol. The first-order valence-corrected chi connectivity index (χ1v) is 12.0. The van der Waals surface area contributed by atoms with Gasteiger partial charge in [-0.2, -0.15) is 5.10 Å². The van der Waals surface area contributed by atoms with Crippen LogP contribution in [0.25, 0.3) is 10.2 Å². The van der Waals surface area contributed by atoms with Crippen LogP contribution >= 0.6 is 11.3 Å². The Morgan fingerprint density at radius 1 is 1.18 bits per heavy atom. The lowest BCUT2D eigenvalue weighted by atomic mass is 10.3. The molecule has 0 N–H and O–H groups in total. The van der Waals surface area contributed by atoms with Crippen molar-refractivity contribution in [3.8, 4) is 11.5 Å². The Balaban J connectivity index is 1.64. The normalized spacial score (nSPS) is 14.7. The molecule has 0 saturated carbocycles. The van der Waals surface area contributed by atoms with Crippen LogP contribution in [0.5, 0.6) is 11.5 Å². The fourth-order valence-electron chi connectivity index (χ4n) is 3.83. The molecule has 1 aromatic carbocycles. The lowest BCUT2D eigenvalue weighted by Crippen LogP contribution is -2.39. The Labute approximate surface area is 197 Å². The van der Waals surface area contributed by atoms with Crippen molar-refractivity contribution in [2.24, 2.45) is 0 Å². The number of hydrogen-bond acceptors (Lipinski definition) is 8. The summed E-state index contributed by atoms with van der Waals surface area (Å²) in [7, 11) is 3.24. The van der Waals surface area contributed by atoms with Crippen molar-refractivity contribution in [1.82, 2.24) is 19.7 Å². The molecule has 1 saturated heterocycles. The molecule has 0 radical (unpaired) electrons. The van der Waals surface area contributed by atoms with Gasteiger partial charge in [-0.15, -0.1) is 0 Å². The molecule has 0 bridgehead atoms. The average Bonchev–Trinajstić information content (AvgIpc) is 3.49. The van der Waals surface area contributed by atoms with Crippen LogP contribution in [0.1, 0.15) is 36.8 Å². The number of anilines is 1. The Kier molecular flexibility index (Phi) is 7.46. The molecule has 0 atom stereocenters. The monoisotopic (exact) mass is 473 g/mol. The van der Waals surface area contributed by atoms with E-state index in [-0.39, 0.29) is 11.9 Å². The Morgan fingerprint density at radius 3 is 2.58 bits per heavy atom. The molecule has 2 aromatic heterocycles. The number of fused-ring (bicyclic) bond motifs is 1. The van der Waals surface area contributed by atoms with Crippen LogP contribution in [0.2, 0.25) is 0 Å². The highest BCUT2D eigenvalue weighted by molar-refractivity contribution is 7.22. The molecule has 9 nitrogen and oxygen atoms in total. The van der Waals surface area contributed by atoms with Gasteiger partial charge in [-0.25, -0.2) is 4.98 Å². The Morgan fingerprint density at radius 2 is 1.91 bits per heavy atom. The van der Waals surface area contributed by atoms with E-state index >= 15 is 0 Å². The number of amides is 1. The maximum absolute atomic E-state index is 13.6. The number of rotatable bonds is 9. The molecule has 4 rings (SSSR count). The average molecular weight is 474 g/mol. The van der Waals surface area contributed by atoms with Gasteiger partial charge >= 0.3 is 0 Å². The molecule has 1 aliphatic rings. The smallest absolute Gasteiger partial charge is 0.280 e. The maximum Gasteiger partial charge on any atom is 0.280 e. The zero-order valence-electron chi connectivity index (χ0n) is 19.6. The van der Waals surface area contributed by atoms with Gasteiger partial charge in [-0.05, 0) is 38.5 Å². The SMILES string of the molecule is COc1ccc(OC)c2sc(N(CCCN3CCOCC3)C(=O)c3ccn(C(C)C)n3)nc12. The van der Waals surface area contributed by atoms with Crippen LogP contribution in [-0.4, -0.2) is 79.2 Å². The summed E-state index contributed by atoms with van der Waals surface area (Å²) in [4.78, 5) is 22.5. The first-order valence-electron chi connectivity index (χ1n) is 11.2. The quantitative estimate of drug-likeness (QED) is 0.471. The summed E-state index contributed by atoms with van der Waals surface area (Å²) in [6.45, 7) is 8.85. The molecule has 1 amide bonds. The Bertz CT molecular complexity index is 1050. The number of aromatic nitrogens is 3. The minimum Gasteiger partial charge on any atom is -0.495 e. The number of benzene rings is 1. The summed E-state index contributed by atoms with van der Waals surface area (Å²) in [6, 6.07) is 5.64. The van der Waals surface area contributed by atoms with Gasteiger partial charge < -0.3 is 14.2 Å². The zero-order chi connectivity index (χ0) is 23.4. The zero-order valence-corrected chi connectivity index (χ0v) is 20.4. The molecular weight excluding hydrogens is 442 g/mol. The third kappa shape index (κ3) is 5.13. The van der Waals surface area contributed by atoms with E-state index in [2.05, 4.69) is 10.00 Å². The predicted octanol–water partition coefficient (Wildman–Crippen LogP) is 3.46. The summed E-state index contributed by atoms with van der Waals surface area (Å²) in [5.74, 6) is 1.20. The summed E-state index contributed by atoms with van der Waals surface area (Å²) in [6.07, 6.45) is 2.66. The van der Waals surface area contributed by atoms with Gasteiger partial charge in [0.1, 0.15) is 21.7 Å². The van der Waals surface area contributed by atoms with Gasteiger partial charge in [-0.1, -0.05) is 11.3 Å². The van der Waals surface area contributed by atoms with Gasteiger partial charge in [0.2, 0.25) is 0 Å². The third-order valence-electron chi connectivity index (χ3n) is 5.69. The molecule has 1 fully saturated rings. The van der Waals surface area contributed by atoms with Gasteiger partial charge in [-0.3, -0.25) is 19.3 Å². The van der Waals surface area contributed by atoms with Crippen molar-refractivity contribution in [3.05, 3.63) is 30.1 Å². The topological polar surface area (TPSA) is 82.0 Å². The summed E-state index contributed by atoms with van der Waals surface area (Å²) < 4.78 is 19.1. The molecule has 3 aromatic rings. The molecule has 1 aliphatic heterocycles. The van der Waals surface area contributed by atoms with Crippen LogP contribution in [0, 0.1) is 0 Å². The van der Waals surface area contributed by atoms with Crippen molar-refractivity contribution >= 4 is 32.6 Å². The highest BCUT2D eigenvalue weighted by Gasteiger charge is 2.25. The van der Waals surface area contributed by atoms with E-state index in [1.807, 2.05) is 32.2 Å². The summed E-state index contributed by atoms with van der Waals surface area (Å²) in [5, 5.41) is 5.11. The number of carbonyl (C=O) groups excluding carboxylic acids is 1. The Hall–Kier alpha value is -2.69. The molecule has 0 aliphatic carbocycles. The minimum absolute atomic E-state index is 0.159. The van der Waals surface area contributed by atoms with E-state index < -0.39 is 0 Å². The van der Waals surface area contributed by atoms with Gasteiger partial charge in [0.05, 0.1) is 27.4 Å². The number of ether oxygens (including phenoxy) is 3.